The molecule has 2 N–H and O–H groups in total. The molecule has 0 unspecified atom stereocenters. The molecular weight excluding hydrogens is 525 g/mol. The SMILES string of the molecule is CCC=Cc1c(F)cc(F)c(F)c1OCC(=O)[C@H](CC(=O)O)NC(=O)C1CCN(C(=O)c2cccs2)CC1. The summed E-state index contributed by atoms with van der Waals surface area (Å²) in [7, 11) is 0. The normalized spacial score (nSPS) is 14.9. The number of carboxylic acids is 1. The minimum absolute atomic E-state index is 0.135. The van der Waals surface area contributed by atoms with Crippen molar-refractivity contribution in [2.45, 2.75) is 38.6 Å². The lowest BCUT2D eigenvalue weighted by Gasteiger charge is -2.31. The van der Waals surface area contributed by atoms with Crippen LogP contribution in [0.5, 0.6) is 5.75 Å². The molecule has 204 valence electrons. The van der Waals surface area contributed by atoms with Gasteiger partial charge in [-0.15, -0.1) is 11.3 Å². The number of benzene rings is 1. The molecule has 2 heterocycles. The molecule has 1 aromatic carbocycles. The summed E-state index contributed by atoms with van der Waals surface area (Å²) in [4.78, 5) is 51.6. The Labute approximate surface area is 221 Å². The predicted octanol–water partition coefficient (Wildman–Crippen LogP) is 4.05. The molecule has 1 aliphatic heterocycles. The second-order valence-corrected chi connectivity index (χ2v) is 9.61. The largest absolute Gasteiger partial charge is 0.482 e. The van der Waals surface area contributed by atoms with Gasteiger partial charge in [0, 0.05) is 25.1 Å². The number of hydrogen-bond acceptors (Lipinski definition) is 6. The molecule has 1 atom stereocenters. The number of hydrogen-bond donors (Lipinski definition) is 2. The predicted molar refractivity (Wildman–Crippen MR) is 133 cm³/mol. The van der Waals surface area contributed by atoms with Crippen LogP contribution in [-0.4, -0.2) is 59.3 Å². The van der Waals surface area contributed by atoms with E-state index in [9.17, 15) is 37.5 Å². The number of carbonyl (C=O) groups excluding carboxylic acids is 3. The minimum atomic E-state index is -1.52. The third-order valence-electron chi connectivity index (χ3n) is 6.01. The molecule has 12 heteroatoms. The number of allylic oxidation sites excluding steroid dienone is 1. The fourth-order valence-electron chi connectivity index (χ4n) is 3.97. The van der Waals surface area contributed by atoms with E-state index in [1.165, 1.54) is 23.5 Å². The number of ketones is 1. The number of halogens is 3. The van der Waals surface area contributed by atoms with Crippen molar-refractivity contribution in [1.82, 2.24) is 10.2 Å². The number of aliphatic carboxylic acids is 1. The van der Waals surface area contributed by atoms with E-state index in [0.717, 1.165) is 0 Å². The van der Waals surface area contributed by atoms with Gasteiger partial charge in [-0.25, -0.2) is 8.78 Å². The summed E-state index contributed by atoms with van der Waals surface area (Å²) in [6, 6.07) is 2.32. The summed E-state index contributed by atoms with van der Waals surface area (Å²) < 4.78 is 47.5. The highest BCUT2D eigenvalue weighted by molar-refractivity contribution is 7.12. The number of Topliss-reactive ketones (excluding diaryl/α,β-unsaturated/α-hetero) is 1. The summed E-state index contributed by atoms with van der Waals surface area (Å²) >= 11 is 1.31. The summed E-state index contributed by atoms with van der Waals surface area (Å²) in [5.41, 5.74) is -0.402. The number of carboxylic acid groups (broad SMARTS) is 1. The Morgan fingerprint density at radius 3 is 2.53 bits per heavy atom. The van der Waals surface area contributed by atoms with E-state index in [2.05, 4.69) is 5.32 Å². The van der Waals surface area contributed by atoms with Crippen LogP contribution < -0.4 is 10.1 Å². The Kier molecular flexibility index (Phi) is 10.1. The fourth-order valence-corrected chi connectivity index (χ4v) is 4.66. The van der Waals surface area contributed by atoms with Crippen LogP contribution in [0.1, 0.15) is 47.8 Å². The van der Waals surface area contributed by atoms with Crippen LogP contribution in [0.4, 0.5) is 13.2 Å². The number of piperidine rings is 1. The maximum Gasteiger partial charge on any atom is 0.305 e. The maximum atomic E-state index is 14.4. The molecule has 1 fully saturated rings. The van der Waals surface area contributed by atoms with Crippen molar-refractivity contribution in [1.29, 1.82) is 0 Å². The van der Waals surface area contributed by atoms with Crippen molar-refractivity contribution >= 4 is 41.0 Å². The van der Waals surface area contributed by atoms with E-state index in [0.29, 0.717) is 43.3 Å². The van der Waals surface area contributed by atoms with E-state index in [1.54, 1.807) is 29.3 Å². The first-order chi connectivity index (χ1) is 18.1. The molecular formula is C26H27F3N2O6S. The highest BCUT2D eigenvalue weighted by Gasteiger charge is 2.32. The summed E-state index contributed by atoms with van der Waals surface area (Å²) in [5, 5.41) is 13.4. The molecule has 2 amide bonds. The molecule has 0 bridgehead atoms. The first kappa shape index (κ1) is 28.9. The lowest BCUT2D eigenvalue weighted by molar-refractivity contribution is -0.141. The topological polar surface area (TPSA) is 113 Å². The number of amides is 2. The van der Waals surface area contributed by atoms with Gasteiger partial charge in [0.05, 0.1) is 16.9 Å². The van der Waals surface area contributed by atoms with Crippen LogP contribution in [0.2, 0.25) is 0 Å². The Morgan fingerprint density at radius 1 is 1.21 bits per heavy atom. The number of carbonyl (C=O) groups is 4. The zero-order chi connectivity index (χ0) is 27.8. The third kappa shape index (κ3) is 7.21. The van der Waals surface area contributed by atoms with Crippen LogP contribution in [-0.2, 0) is 14.4 Å². The van der Waals surface area contributed by atoms with E-state index in [-0.39, 0.29) is 5.91 Å². The lowest BCUT2D eigenvalue weighted by atomic mass is 9.95. The van der Waals surface area contributed by atoms with Crippen molar-refractivity contribution < 1.29 is 42.2 Å². The van der Waals surface area contributed by atoms with Crippen molar-refractivity contribution in [3.05, 3.63) is 57.5 Å². The van der Waals surface area contributed by atoms with Gasteiger partial charge in [-0.2, -0.15) is 4.39 Å². The fraction of sp³-hybridized carbons (Fsp3) is 0.385. The van der Waals surface area contributed by atoms with Crippen molar-refractivity contribution in [3.63, 3.8) is 0 Å². The Balaban J connectivity index is 1.64. The third-order valence-corrected chi connectivity index (χ3v) is 6.87. The van der Waals surface area contributed by atoms with E-state index >= 15 is 0 Å². The Morgan fingerprint density at radius 2 is 1.92 bits per heavy atom. The highest BCUT2D eigenvalue weighted by Crippen LogP contribution is 2.29. The molecule has 38 heavy (non-hydrogen) atoms. The average Bonchev–Trinajstić information content (AvgIpc) is 3.43. The monoisotopic (exact) mass is 552 g/mol. The standard InChI is InChI=1S/C26H27F3N2O6S/c1-2-3-5-16-17(27)12-18(28)23(29)24(16)37-14-20(32)19(13-22(33)34)30-25(35)15-7-9-31(10-8-15)26(36)21-6-4-11-38-21/h3-6,11-12,15,19H,2,7-10,13-14H2,1H3,(H,30,35)(H,33,34)/t19-/m0/s1. The lowest BCUT2D eigenvalue weighted by Crippen LogP contribution is -2.49. The van der Waals surface area contributed by atoms with Crippen LogP contribution in [0.25, 0.3) is 6.08 Å². The number of nitrogens with zero attached hydrogens (tertiary/aromatic N) is 1. The smallest absolute Gasteiger partial charge is 0.305 e. The number of rotatable bonds is 11. The van der Waals surface area contributed by atoms with E-state index in [1.807, 2.05) is 0 Å². The van der Waals surface area contributed by atoms with Crippen molar-refractivity contribution in [3.8, 4) is 5.75 Å². The Bertz CT molecular complexity index is 1210. The first-order valence-corrected chi connectivity index (χ1v) is 12.8. The van der Waals surface area contributed by atoms with Gasteiger partial charge in [0.2, 0.25) is 11.7 Å². The maximum absolute atomic E-state index is 14.4. The van der Waals surface area contributed by atoms with Gasteiger partial charge in [0.15, 0.2) is 17.3 Å². The molecule has 2 aromatic rings. The molecule has 1 saturated heterocycles. The van der Waals surface area contributed by atoms with Gasteiger partial charge in [0.1, 0.15) is 18.5 Å². The number of thiophene rings is 1. The molecule has 0 spiro atoms. The molecule has 0 radical (unpaired) electrons. The molecule has 1 aromatic heterocycles. The van der Waals surface area contributed by atoms with Crippen molar-refractivity contribution in [2.24, 2.45) is 5.92 Å². The second kappa shape index (κ2) is 13.2. The van der Waals surface area contributed by atoms with Crippen LogP contribution in [0.3, 0.4) is 0 Å². The van der Waals surface area contributed by atoms with Gasteiger partial charge >= 0.3 is 5.97 Å². The average molecular weight is 553 g/mol. The highest BCUT2D eigenvalue weighted by atomic mass is 32.1. The number of likely N-dealkylation sites (tertiary alicyclic amines) is 1. The summed E-state index contributed by atoms with van der Waals surface area (Å²) in [5.74, 6) is -8.51. The van der Waals surface area contributed by atoms with Gasteiger partial charge < -0.3 is 20.1 Å². The number of nitrogens with one attached hydrogen (secondary N) is 1. The van der Waals surface area contributed by atoms with Gasteiger partial charge in [-0.1, -0.05) is 25.1 Å². The van der Waals surface area contributed by atoms with Gasteiger partial charge in [-0.3, -0.25) is 19.2 Å². The Hall–Kier alpha value is -3.67. The van der Waals surface area contributed by atoms with Crippen molar-refractivity contribution in [2.75, 3.05) is 19.7 Å². The minimum Gasteiger partial charge on any atom is -0.482 e. The number of ether oxygens (including phenoxy) is 1. The second-order valence-electron chi connectivity index (χ2n) is 8.67. The first-order valence-electron chi connectivity index (χ1n) is 12.0. The molecule has 8 nitrogen and oxygen atoms in total. The summed E-state index contributed by atoms with van der Waals surface area (Å²) in [6.45, 7) is 1.43. The summed E-state index contributed by atoms with van der Waals surface area (Å²) in [6.07, 6.45) is 2.99. The zero-order valence-electron chi connectivity index (χ0n) is 20.5. The van der Waals surface area contributed by atoms with Crippen LogP contribution in [0.15, 0.2) is 29.7 Å². The zero-order valence-corrected chi connectivity index (χ0v) is 21.4. The van der Waals surface area contributed by atoms with E-state index < -0.39 is 71.4 Å². The van der Waals surface area contributed by atoms with E-state index in [4.69, 9.17) is 4.74 Å². The molecule has 0 aliphatic carbocycles. The quantitative estimate of drug-likeness (QED) is 0.407. The molecule has 3 rings (SSSR count). The molecule has 0 saturated carbocycles. The van der Waals surface area contributed by atoms with Gasteiger partial charge in [-0.05, 0) is 30.7 Å². The van der Waals surface area contributed by atoms with Crippen LogP contribution in [0, 0.1) is 23.4 Å². The van der Waals surface area contributed by atoms with Gasteiger partial charge in [0.25, 0.3) is 5.91 Å². The van der Waals surface area contributed by atoms with Crippen LogP contribution >= 0.6 is 11.3 Å². The molecule has 1 aliphatic rings.